The first-order valence-corrected chi connectivity index (χ1v) is 7.87. The van der Waals surface area contributed by atoms with Crippen LogP contribution < -0.4 is 5.32 Å². The maximum atomic E-state index is 12.6. The molecular formula is C17H26N2O2. The molecule has 0 aliphatic carbocycles. The topological polar surface area (TPSA) is 41.6 Å². The minimum atomic E-state index is -0.119. The largest absolute Gasteiger partial charge is 0.377 e. The molecule has 116 valence electrons. The Kier molecular flexibility index (Phi) is 5.76. The number of amides is 1. The van der Waals surface area contributed by atoms with Gasteiger partial charge in [-0.15, -0.1) is 0 Å². The second kappa shape index (κ2) is 7.57. The van der Waals surface area contributed by atoms with E-state index >= 15 is 0 Å². The number of carbonyl (C=O) groups excluding carboxylic acids is 1. The third-order valence-corrected chi connectivity index (χ3v) is 3.93. The average molecular weight is 290 g/mol. The van der Waals surface area contributed by atoms with Gasteiger partial charge >= 0.3 is 0 Å². The van der Waals surface area contributed by atoms with Crippen LogP contribution in [0.15, 0.2) is 30.3 Å². The van der Waals surface area contributed by atoms with Crippen molar-refractivity contribution in [3.63, 3.8) is 0 Å². The van der Waals surface area contributed by atoms with Crippen LogP contribution in [-0.4, -0.2) is 42.3 Å². The number of rotatable bonds is 7. The first kappa shape index (κ1) is 16.0. The number of nitrogens with one attached hydrogen (secondary N) is 1. The maximum absolute atomic E-state index is 12.6. The first-order valence-electron chi connectivity index (χ1n) is 7.87. The molecule has 1 aromatic carbocycles. The van der Waals surface area contributed by atoms with E-state index in [1.807, 2.05) is 36.9 Å². The molecule has 1 amide bonds. The van der Waals surface area contributed by atoms with Crippen molar-refractivity contribution in [2.75, 3.05) is 13.2 Å². The molecule has 4 nitrogen and oxygen atoms in total. The number of hydrogen-bond acceptors (Lipinski definition) is 3. The predicted molar refractivity (Wildman–Crippen MR) is 83.9 cm³/mol. The van der Waals surface area contributed by atoms with Crippen molar-refractivity contribution in [3.05, 3.63) is 35.9 Å². The molecule has 0 bridgehead atoms. The van der Waals surface area contributed by atoms with E-state index in [1.54, 1.807) is 0 Å². The summed E-state index contributed by atoms with van der Waals surface area (Å²) in [5.41, 5.74) is 1.19. The molecule has 1 aliphatic rings. The lowest BCUT2D eigenvalue weighted by atomic mass is 10.1. The van der Waals surface area contributed by atoms with Crippen LogP contribution in [0.2, 0.25) is 0 Å². The Labute approximate surface area is 127 Å². The SMILES string of the molecule is CCOC(C)CN1C(=O)C(Cc2ccccc2)NC1CC. The molecule has 1 fully saturated rings. The Morgan fingerprint density at radius 3 is 2.62 bits per heavy atom. The van der Waals surface area contributed by atoms with Crippen molar-refractivity contribution in [1.29, 1.82) is 0 Å². The lowest BCUT2D eigenvalue weighted by Gasteiger charge is -2.26. The van der Waals surface area contributed by atoms with E-state index in [1.165, 1.54) is 5.56 Å². The van der Waals surface area contributed by atoms with E-state index in [4.69, 9.17) is 4.74 Å². The van der Waals surface area contributed by atoms with E-state index in [2.05, 4.69) is 24.4 Å². The van der Waals surface area contributed by atoms with Crippen molar-refractivity contribution in [1.82, 2.24) is 10.2 Å². The lowest BCUT2D eigenvalue weighted by Crippen LogP contribution is -2.41. The maximum Gasteiger partial charge on any atom is 0.241 e. The van der Waals surface area contributed by atoms with Gasteiger partial charge in [-0.05, 0) is 32.3 Å². The summed E-state index contributed by atoms with van der Waals surface area (Å²) in [6.45, 7) is 7.45. The summed E-state index contributed by atoms with van der Waals surface area (Å²) >= 11 is 0. The second-order valence-corrected chi connectivity index (χ2v) is 5.59. The average Bonchev–Trinajstić information content (AvgIpc) is 2.77. The minimum absolute atomic E-state index is 0.0743. The third-order valence-electron chi connectivity index (χ3n) is 3.93. The molecule has 1 heterocycles. The monoisotopic (exact) mass is 290 g/mol. The fourth-order valence-corrected chi connectivity index (χ4v) is 2.91. The highest BCUT2D eigenvalue weighted by Gasteiger charge is 2.38. The zero-order valence-electron chi connectivity index (χ0n) is 13.2. The molecule has 0 spiro atoms. The molecule has 2 rings (SSSR count). The Balaban J connectivity index is 2.01. The fraction of sp³-hybridized carbons (Fsp3) is 0.588. The lowest BCUT2D eigenvalue weighted by molar-refractivity contribution is -0.131. The van der Waals surface area contributed by atoms with Gasteiger partial charge in [0.2, 0.25) is 5.91 Å². The Morgan fingerprint density at radius 2 is 2.00 bits per heavy atom. The molecule has 21 heavy (non-hydrogen) atoms. The number of hydrogen-bond donors (Lipinski definition) is 1. The van der Waals surface area contributed by atoms with Crippen molar-refractivity contribution in [2.24, 2.45) is 0 Å². The summed E-state index contributed by atoms with van der Waals surface area (Å²) in [6.07, 6.45) is 1.85. The summed E-state index contributed by atoms with van der Waals surface area (Å²) in [5.74, 6) is 0.192. The number of ether oxygens (including phenoxy) is 1. The molecular weight excluding hydrogens is 264 g/mol. The van der Waals surface area contributed by atoms with E-state index in [-0.39, 0.29) is 24.2 Å². The van der Waals surface area contributed by atoms with Gasteiger partial charge in [-0.25, -0.2) is 0 Å². The van der Waals surface area contributed by atoms with Crippen molar-refractivity contribution < 1.29 is 9.53 Å². The molecule has 4 heteroatoms. The highest BCUT2D eigenvalue weighted by molar-refractivity contribution is 5.84. The summed E-state index contributed by atoms with van der Waals surface area (Å²) < 4.78 is 5.58. The summed E-state index contributed by atoms with van der Waals surface area (Å²) in [7, 11) is 0. The number of nitrogens with zero attached hydrogens (tertiary/aromatic N) is 1. The molecule has 3 atom stereocenters. The quantitative estimate of drug-likeness (QED) is 0.837. The van der Waals surface area contributed by atoms with Crippen LogP contribution >= 0.6 is 0 Å². The van der Waals surface area contributed by atoms with Crippen molar-refractivity contribution >= 4 is 5.91 Å². The van der Waals surface area contributed by atoms with Gasteiger partial charge in [-0.2, -0.15) is 0 Å². The van der Waals surface area contributed by atoms with Gasteiger partial charge in [-0.1, -0.05) is 37.3 Å². The van der Waals surface area contributed by atoms with Gasteiger partial charge in [0.15, 0.2) is 0 Å². The van der Waals surface area contributed by atoms with E-state index in [9.17, 15) is 4.79 Å². The van der Waals surface area contributed by atoms with Crippen LogP contribution in [0.4, 0.5) is 0 Å². The Hall–Kier alpha value is -1.39. The minimum Gasteiger partial charge on any atom is -0.377 e. The summed E-state index contributed by atoms with van der Waals surface area (Å²) in [4.78, 5) is 14.6. The third kappa shape index (κ3) is 4.05. The van der Waals surface area contributed by atoms with E-state index in [0.29, 0.717) is 13.2 Å². The normalized spacial score (nSPS) is 23.6. The Bertz CT molecular complexity index is 449. The zero-order chi connectivity index (χ0) is 15.2. The second-order valence-electron chi connectivity index (χ2n) is 5.59. The van der Waals surface area contributed by atoms with Crippen molar-refractivity contribution in [2.45, 2.75) is 51.9 Å². The van der Waals surface area contributed by atoms with Gasteiger partial charge in [-0.3, -0.25) is 10.1 Å². The van der Waals surface area contributed by atoms with Crippen LogP contribution in [0, 0.1) is 0 Å². The van der Waals surface area contributed by atoms with Gasteiger partial charge in [0.25, 0.3) is 0 Å². The summed E-state index contributed by atoms with van der Waals surface area (Å²) in [6, 6.07) is 10.1. The highest BCUT2D eigenvalue weighted by Crippen LogP contribution is 2.18. The molecule has 1 N–H and O–H groups in total. The molecule has 0 saturated carbocycles. The van der Waals surface area contributed by atoms with E-state index < -0.39 is 0 Å². The van der Waals surface area contributed by atoms with Crippen LogP contribution in [0.5, 0.6) is 0 Å². The smallest absolute Gasteiger partial charge is 0.241 e. The molecule has 0 radical (unpaired) electrons. The van der Waals surface area contributed by atoms with E-state index in [0.717, 1.165) is 12.8 Å². The molecule has 3 unspecified atom stereocenters. The van der Waals surface area contributed by atoms with Gasteiger partial charge in [0.05, 0.1) is 18.3 Å². The molecule has 1 aliphatic heterocycles. The van der Waals surface area contributed by atoms with Crippen molar-refractivity contribution in [3.8, 4) is 0 Å². The molecule has 0 aromatic heterocycles. The summed E-state index contributed by atoms with van der Waals surface area (Å²) in [5, 5.41) is 3.46. The first-order chi connectivity index (χ1) is 10.2. The zero-order valence-corrected chi connectivity index (χ0v) is 13.2. The number of benzene rings is 1. The highest BCUT2D eigenvalue weighted by atomic mass is 16.5. The fourth-order valence-electron chi connectivity index (χ4n) is 2.91. The molecule has 1 aromatic rings. The standard InChI is InChI=1S/C17H26N2O2/c1-4-16-18-15(11-14-9-7-6-8-10-14)17(20)19(16)12-13(3)21-5-2/h6-10,13,15-16,18H,4-5,11-12H2,1-3H3. The van der Waals surface area contributed by atoms with Gasteiger partial charge in [0.1, 0.15) is 0 Å². The van der Waals surface area contributed by atoms with Crippen LogP contribution in [0.25, 0.3) is 0 Å². The van der Waals surface area contributed by atoms with Crippen LogP contribution in [-0.2, 0) is 16.0 Å². The van der Waals surface area contributed by atoms with Gasteiger partial charge in [0, 0.05) is 13.2 Å². The number of carbonyl (C=O) groups is 1. The Morgan fingerprint density at radius 1 is 1.29 bits per heavy atom. The molecule has 1 saturated heterocycles. The van der Waals surface area contributed by atoms with Crippen LogP contribution in [0.3, 0.4) is 0 Å². The van der Waals surface area contributed by atoms with Gasteiger partial charge < -0.3 is 9.64 Å². The van der Waals surface area contributed by atoms with Crippen LogP contribution in [0.1, 0.15) is 32.8 Å². The predicted octanol–water partition coefficient (Wildman–Crippen LogP) is 2.19.